The predicted molar refractivity (Wildman–Crippen MR) is 135 cm³/mol. The van der Waals surface area contributed by atoms with Gasteiger partial charge in [-0.15, -0.1) is 11.3 Å². The van der Waals surface area contributed by atoms with Crippen LogP contribution >= 0.6 is 11.3 Å². The average Bonchev–Trinajstić information content (AvgIpc) is 3.27. The fourth-order valence-electron chi connectivity index (χ4n) is 3.20. The standard InChI is InChI=1S/C25H29N3O5S/c1-16(2)13-26-25-28(21(15-34-25)19-10-17(29-3)8-9-22(19)31-5)27-14-20-23(32-6)11-18(30-4)12-24(20)33-7/h8-12,14-15H,1,13H2,2-7H3/b26-25?,27-14-. The maximum atomic E-state index is 5.61. The molecule has 0 saturated heterocycles. The summed E-state index contributed by atoms with van der Waals surface area (Å²) in [6, 6.07) is 9.17. The van der Waals surface area contributed by atoms with Crippen molar-refractivity contribution in [3.8, 4) is 40.0 Å². The first-order chi connectivity index (χ1) is 16.4. The summed E-state index contributed by atoms with van der Waals surface area (Å²) in [6.07, 6.45) is 1.68. The number of benzene rings is 2. The molecule has 0 atom stereocenters. The molecule has 0 aliphatic heterocycles. The molecule has 0 radical (unpaired) electrons. The second-order valence-corrected chi connectivity index (χ2v) is 8.08. The van der Waals surface area contributed by atoms with Crippen molar-refractivity contribution in [2.45, 2.75) is 6.92 Å². The number of ether oxygens (including phenoxy) is 5. The second kappa shape index (κ2) is 11.4. The van der Waals surface area contributed by atoms with Gasteiger partial charge in [-0.25, -0.2) is 4.68 Å². The topological polar surface area (TPSA) is 75.8 Å². The van der Waals surface area contributed by atoms with Crippen LogP contribution in [0.2, 0.25) is 0 Å². The van der Waals surface area contributed by atoms with Crippen molar-refractivity contribution < 1.29 is 23.7 Å². The zero-order valence-electron chi connectivity index (χ0n) is 20.2. The molecule has 0 amide bonds. The maximum Gasteiger partial charge on any atom is 0.206 e. The highest BCUT2D eigenvalue weighted by Crippen LogP contribution is 2.35. The number of hydrogen-bond acceptors (Lipinski definition) is 8. The average molecular weight is 484 g/mol. The Bertz CT molecular complexity index is 1230. The van der Waals surface area contributed by atoms with Crippen molar-refractivity contribution in [3.05, 3.63) is 58.2 Å². The molecule has 180 valence electrons. The molecule has 0 spiro atoms. The molecule has 34 heavy (non-hydrogen) atoms. The quantitative estimate of drug-likeness (QED) is 0.311. The highest BCUT2D eigenvalue weighted by molar-refractivity contribution is 7.07. The number of methoxy groups -OCH3 is 5. The van der Waals surface area contributed by atoms with Crippen LogP contribution in [0.25, 0.3) is 11.3 Å². The molecule has 0 aliphatic carbocycles. The van der Waals surface area contributed by atoms with Crippen molar-refractivity contribution >= 4 is 17.6 Å². The summed E-state index contributed by atoms with van der Waals surface area (Å²) in [6.45, 7) is 6.37. The zero-order chi connectivity index (χ0) is 24.7. The molecule has 0 saturated carbocycles. The van der Waals surface area contributed by atoms with Gasteiger partial charge in [-0.05, 0) is 25.1 Å². The Labute approximate surface area is 203 Å². The molecule has 3 rings (SSSR count). The van der Waals surface area contributed by atoms with Crippen LogP contribution in [-0.4, -0.2) is 53.0 Å². The Morgan fingerprint density at radius 1 is 0.912 bits per heavy atom. The maximum absolute atomic E-state index is 5.61. The lowest BCUT2D eigenvalue weighted by molar-refractivity contribution is 0.374. The number of rotatable bonds is 10. The molecular weight excluding hydrogens is 454 g/mol. The van der Waals surface area contributed by atoms with Crippen LogP contribution < -0.4 is 28.5 Å². The first kappa shape index (κ1) is 24.9. The van der Waals surface area contributed by atoms with E-state index in [9.17, 15) is 0 Å². The summed E-state index contributed by atoms with van der Waals surface area (Å²) >= 11 is 1.47. The highest BCUT2D eigenvalue weighted by atomic mass is 32.1. The SMILES string of the molecule is C=C(C)CN=c1scc(-c2cc(OC)ccc2OC)n1/N=C\c1c(OC)cc(OC)cc1OC. The van der Waals surface area contributed by atoms with Crippen LogP contribution in [-0.2, 0) is 0 Å². The van der Waals surface area contributed by atoms with Crippen molar-refractivity contribution in [2.75, 3.05) is 42.1 Å². The minimum Gasteiger partial charge on any atom is -0.497 e. The molecule has 0 aliphatic rings. The predicted octanol–water partition coefficient (Wildman–Crippen LogP) is 4.62. The van der Waals surface area contributed by atoms with Gasteiger partial charge >= 0.3 is 0 Å². The van der Waals surface area contributed by atoms with E-state index in [1.807, 2.05) is 30.5 Å². The van der Waals surface area contributed by atoms with Gasteiger partial charge in [0, 0.05) is 23.1 Å². The van der Waals surface area contributed by atoms with Crippen molar-refractivity contribution in [3.63, 3.8) is 0 Å². The Morgan fingerprint density at radius 2 is 1.56 bits per heavy atom. The fourth-order valence-corrected chi connectivity index (χ4v) is 4.03. The number of hydrogen-bond donors (Lipinski definition) is 0. The molecule has 0 N–H and O–H groups in total. The number of aromatic nitrogens is 1. The lowest BCUT2D eigenvalue weighted by Crippen LogP contribution is -2.13. The van der Waals surface area contributed by atoms with Gasteiger partial charge in [0.25, 0.3) is 0 Å². The van der Waals surface area contributed by atoms with Crippen LogP contribution in [0.4, 0.5) is 0 Å². The third kappa shape index (κ3) is 5.43. The van der Waals surface area contributed by atoms with Gasteiger partial charge in [0.1, 0.15) is 28.7 Å². The molecule has 8 nitrogen and oxygen atoms in total. The van der Waals surface area contributed by atoms with E-state index in [0.717, 1.165) is 16.8 Å². The lowest BCUT2D eigenvalue weighted by Gasteiger charge is -2.13. The van der Waals surface area contributed by atoms with Crippen LogP contribution in [0, 0.1) is 0 Å². The first-order valence-corrected chi connectivity index (χ1v) is 11.3. The van der Waals surface area contributed by atoms with Gasteiger partial charge in [0.15, 0.2) is 0 Å². The molecule has 1 heterocycles. The van der Waals surface area contributed by atoms with Crippen LogP contribution in [0.5, 0.6) is 28.7 Å². The normalized spacial score (nSPS) is 11.5. The molecule has 2 aromatic carbocycles. The van der Waals surface area contributed by atoms with E-state index in [-0.39, 0.29) is 0 Å². The summed E-state index contributed by atoms with van der Waals surface area (Å²) in [5, 5.41) is 6.76. The third-order valence-electron chi connectivity index (χ3n) is 4.91. The Morgan fingerprint density at radius 3 is 2.12 bits per heavy atom. The molecule has 0 unspecified atom stereocenters. The minimum atomic E-state index is 0.486. The van der Waals surface area contributed by atoms with Crippen molar-refractivity contribution in [2.24, 2.45) is 10.1 Å². The fraction of sp³-hybridized carbons (Fsp3) is 0.280. The largest absolute Gasteiger partial charge is 0.497 e. The third-order valence-corrected chi connectivity index (χ3v) is 5.76. The van der Waals surface area contributed by atoms with Gasteiger partial charge < -0.3 is 23.7 Å². The summed E-state index contributed by atoms with van der Waals surface area (Å²) < 4.78 is 29.3. The first-order valence-electron chi connectivity index (χ1n) is 10.4. The van der Waals surface area contributed by atoms with Crippen LogP contribution in [0.3, 0.4) is 0 Å². The summed E-state index contributed by atoms with van der Waals surface area (Å²) in [5.74, 6) is 3.14. The summed E-state index contributed by atoms with van der Waals surface area (Å²) in [5.41, 5.74) is 3.23. The Hall–Kier alpha value is -3.72. The smallest absolute Gasteiger partial charge is 0.206 e. The molecule has 3 aromatic rings. The monoisotopic (exact) mass is 483 g/mol. The van der Waals surface area contributed by atoms with Crippen LogP contribution in [0.1, 0.15) is 12.5 Å². The van der Waals surface area contributed by atoms with Gasteiger partial charge in [0.2, 0.25) is 4.80 Å². The van der Waals surface area contributed by atoms with E-state index in [1.165, 1.54) is 11.3 Å². The van der Waals surface area contributed by atoms with E-state index >= 15 is 0 Å². The van der Waals surface area contributed by atoms with Gasteiger partial charge in [0.05, 0.1) is 59.6 Å². The molecule has 9 heteroatoms. The molecule has 1 aromatic heterocycles. The second-order valence-electron chi connectivity index (χ2n) is 7.25. The lowest BCUT2D eigenvalue weighted by atomic mass is 10.1. The molecule has 0 bridgehead atoms. The summed E-state index contributed by atoms with van der Waals surface area (Å²) in [4.78, 5) is 5.39. The van der Waals surface area contributed by atoms with E-state index in [4.69, 9.17) is 28.8 Å². The van der Waals surface area contributed by atoms with Gasteiger partial charge in [-0.2, -0.15) is 5.10 Å². The van der Waals surface area contributed by atoms with E-state index in [2.05, 4.69) is 11.6 Å². The number of thiazole rings is 1. The van der Waals surface area contributed by atoms with E-state index in [0.29, 0.717) is 45.7 Å². The zero-order valence-corrected chi connectivity index (χ0v) is 21.1. The minimum absolute atomic E-state index is 0.486. The summed E-state index contributed by atoms with van der Waals surface area (Å²) in [7, 11) is 8.02. The van der Waals surface area contributed by atoms with Gasteiger partial charge in [-0.1, -0.05) is 12.2 Å². The Kier molecular flexibility index (Phi) is 8.37. The van der Waals surface area contributed by atoms with Crippen molar-refractivity contribution in [1.29, 1.82) is 0 Å². The van der Waals surface area contributed by atoms with Gasteiger partial charge in [-0.3, -0.25) is 4.99 Å². The highest BCUT2D eigenvalue weighted by Gasteiger charge is 2.16. The van der Waals surface area contributed by atoms with E-state index < -0.39 is 0 Å². The van der Waals surface area contributed by atoms with Crippen LogP contribution in [0.15, 0.2) is 58.0 Å². The molecule has 0 fully saturated rings. The molecular formula is C25H29N3O5S. The van der Waals surface area contributed by atoms with E-state index in [1.54, 1.807) is 58.6 Å². The number of nitrogens with zero attached hydrogens (tertiary/aromatic N) is 3. The Balaban J connectivity index is 2.22. The van der Waals surface area contributed by atoms with Crippen molar-refractivity contribution in [1.82, 2.24) is 4.68 Å².